The zero-order valence-corrected chi connectivity index (χ0v) is 16.1. The molecule has 1 saturated heterocycles. The average molecular weight is 387 g/mol. The fraction of sp³-hybridized carbons (Fsp3) is 0.450. The van der Waals surface area contributed by atoms with Crippen molar-refractivity contribution in [2.24, 2.45) is 0 Å². The van der Waals surface area contributed by atoms with Crippen molar-refractivity contribution in [1.82, 2.24) is 5.32 Å². The van der Waals surface area contributed by atoms with Gasteiger partial charge >= 0.3 is 5.97 Å². The highest BCUT2D eigenvalue weighted by Crippen LogP contribution is 2.15. The first-order valence-corrected chi connectivity index (χ1v) is 9.48. The third-order valence-electron chi connectivity index (χ3n) is 4.35. The number of carbonyl (C=O) groups excluding carboxylic acids is 2. The van der Waals surface area contributed by atoms with Crippen molar-refractivity contribution in [3.05, 3.63) is 41.6 Å². The molecule has 150 valence electrons. The lowest BCUT2D eigenvalue weighted by atomic mass is 10.1. The summed E-state index contributed by atoms with van der Waals surface area (Å²) < 4.78 is 10.2. The Kier molecular flexibility index (Phi) is 8.98. The molecule has 1 aromatic carbocycles. The van der Waals surface area contributed by atoms with Crippen LogP contribution in [0.4, 0.5) is 5.69 Å². The fourth-order valence-corrected chi connectivity index (χ4v) is 2.85. The Bertz CT molecular complexity index is 736. The number of rotatable bonds is 9. The molecule has 0 radical (unpaired) electrons. The van der Waals surface area contributed by atoms with Gasteiger partial charge in [-0.05, 0) is 19.1 Å². The van der Waals surface area contributed by atoms with E-state index in [0.29, 0.717) is 17.8 Å². The van der Waals surface area contributed by atoms with Crippen LogP contribution in [0.2, 0.25) is 0 Å². The van der Waals surface area contributed by atoms with E-state index in [-0.39, 0.29) is 18.1 Å². The highest BCUT2D eigenvalue weighted by Gasteiger charge is 2.15. The SMILES string of the molecule is CCOC(=O)/C(C#N)=C/Nc1ccccc1C(=O)NCCC[NH+]1CCOCC1. The van der Waals surface area contributed by atoms with Gasteiger partial charge in [0.1, 0.15) is 19.2 Å². The lowest BCUT2D eigenvalue weighted by Gasteiger charge is -2.23. The highest BCUT2D eigenvalue weighted by molar-refractivity contribution is 6.00. The number of nitriles is 1. The quantitative estimate of drug-likeness (QED) is 0.240. The minimum Gasteiger partial charge on any atom is -0.462 e. The summed E-state index contributed by atoms with van der Waals surface area (Å²) in [7, 11) is 0. The van der Waals surface area contributed by atoms with Crippen molar-refractivity contribution < 1.29 is 24.0 Å². The molecule has 0 atom stereocenters. The summed E-state index contributed by atoms with van der Waals surface area (Å²) in [6.45, 7) is 7.04. The number of hydrogen-bond donors (Lipinski definition) is 3. The summed E-state index contributed by atoms with van der Waals surface area (Å²) in [5.74, 6) is -0.909. The maximum Gasteiger partial charge on any atom is 0.350 e. The maximum atomic E-state index is 12.5. The first kappa shape index (κ1) is 21.4. The van der Waals surface area contributed by atoms with Crippen LogP contribution in [0, 0.1) is 11.3 Å². The molecule has 1 fully saturated rings. The van der Waals surface area contributed by atoms with Gasteiger partial charge in [0.05, 0.1) is 37.6 Å². The fourth-order valence-electron chi connectivity index (χ4n) is 2.85. The Morgan fingerprint density at radius 3 is 2.79 bits per heavy atom. The molecule has 3 N–H and O–H groups in total. The van der Waals surface area contributed by atoms with Gasteiger partial charge in [-0.3, -0.25) is 4.79 Å². The molecule has 2 rings (SSSR count). The maximum absolute atomic E-state index is 12.5. The lowest BCUT2D eigenvalue weighted by Crippen LogP contribution is -3.14. The average Bonchev–Trinajstić information content (AvgIpc) is 2.73. The molecule has 1 heterocycles. The van der Waals surface area contributed by atoms with E-state index >= 15 is 0 Å². The Hall–Kier alpha value is -2.89. The molecule has 1 amide bonds. The molecule has 0 bridgehead atoms. The predicted molar refractivity (Wildman–Crippen MR) is 104 cm³/mol. The summed E-state index contributed by atoms with van der Waals surface area (Å²) in [6.07, 6.45) is 2.14. The zero-order valence-electron chi connectivity index (χ0n) is 16.1. The molecule has 1 aliphatic rings. The standard InChI is InChI=1S/C20H26N4O4/c1-2-28-20(26)16(14-21)15-23-18-7-4-3-6-17(18)19(25)22-8-5-9-24-10-12-27-13-11-24/h3-4,6-7,15,23H,2,5,8-13H2,1H3,(H,22,25)/p+1/b16-15+. The van der Waals surface area contributed by atoms with Crippen LogP contribution in [0.3, 0.4) is 0 Å². The van der Waals surface area contributed by atoms with E-state index in [0.717, 1.165) is 39.3 Å². The van der Waals surface area contributed by atoms with Gasteiger partial charge in [-0.2, -0.15) is 5.26 Å². The van der Waals surface area contributed by atoms with Crippen LogP contribution in [0.25, 0.3) is 0 Å². The molecule has 0 spiro atoms. The van der Waals surface area contributed by atoms with E-state index in [4.69, 9.17) is 14.7 Å². The van der Waals surface area contributed by atoms with E-state index in [9.17, 15) is 9.59 Å². The van der Waals surface area contributed by atoms with E-state index in [1.165, 1.54) is 11.1 Å². The first-order chi connectivity index (χ1) is 13.7. The van der Waals surface area contributed by atoms with Crippen LogP contribution in [-0.4, -0.2) is 57.9 Å². The van der Waals surface area contributed by atoms with Crippen molar-refractivity contribution in [3.63, 3.8) is 0 Å². The van der Waals surface area contributed by atoms with Crippen molar-refractivity contribution >= 4 is 17.6 Å². The van der Waals surface area contributed by atoms with Gasteiger partial charge in [0.15, 0.2) is 5.57 Å². The number of morpholine rings is 1. The number of para-hydroxylation sites is 1. The Morgan fingerprint density at radius 2 is 2.07 bits per heavy atom. The second kappa shape index (κ2) is 11.7. The van der Waals surface area contributed by atoms with E-state index in [2.05, 4.69) is 10.6 Å². The van der Waals surface area contributed by atoms with Gasteiger partial charge in [-0.15, -0.1) is 0 Å². The van der Waals surface area contributed by atoms with Crippen molar-refractivity contribution in [1.29, 1.82) is 5.26 Å². The molecule has 8 nitrogen and oxygen atoms in total. The Morgan fingerprint density at radius 1 is 1.32 bits per heavy atom. The number of benzene rings is 1. The number of quaternary nitrogens is 1. The Balaban J connectivity index is 1.90. The van der Waals surface area contributed by atoms with Crippen molar-refractivity contribution in [2.75, 3.05) is 51.3 Å². The molecule has 0 unspecified atom stereocenters. The van der Waals surface area contributed by atoms with Crippen LogP contribution in [-0.2, 0) is 14.3 Å². The topological polar surface area (TPSA) is 105 Å². The molecular formula is C20H27N4O4+. The number of anilines is 1. The summed E-state index contributed by atoms with van der Waals surface area (Å²) >= 11 is 0. The zero-order chi connectivity index (χ0) is 20.2. The van der Waals surface area contributed by atoms with Crippen LogP contribution in [0.15, 0.2) is 36.0 Å². The van der Waals surface area contributed by atoms with E-state index in [1.807, 2.05) is 0 Å². The molecular weight excluding hydrogens is 360 g/mol. The van der Waals surface area contributed by atoms with E-state index in [1.54, 1.807) is 37.3 Å². The van der Waals surface area contributed by atoms with Gasteiger partial charge in [0.25, 0.3) is 5.91 Å². The van der Waals surface area contributed by atoms with Gasteiger partial charge < -0.3 is 25.0 Å². The van der Waals surface area contributed by atoms with E-state index < -0.39 is 5.97 Å². The molecule has 1 aromatic rings. The summed E-state index contributed by atoms with van der Waals surface area (Å²) in [6, 6.07) is 8.72. The second-order valence-electron chi connectivity index (χ2n) is 6.30. The van der Waals surface area contributed by atoms with Crippen LogP contribution < -0.4 is 15.5 Å². The number of nitrogens with zero attached hydrogens (tertiary/aromatic N) is 1. The predicted octanol–water partition coefficient (Wildman–Crippen LogP) is 0.104. The van der Waals surface area contributed by atoms with Crippen molar-refractivity contribution in [2.45, 2.75) is 13.3 Å². The third kappa shape index (κ3) is 6.68. The summed E-state index contributed by atoms with van der Waals surface area (Å²) in [4.78, 5) is 25.7. The smallest absolute Gasteiger partial charge is 0.350 e. The second-order valence-corrected chi connectivity index (χ2v) is 6.30. The van der Waals surface area contributed by atoms with Gasteiger partial charge in [0.2, 0.25) is 0 Å². The molecule has 1 aliphatic heterocycles. The molecule has 0 aromatic heterocycles. The minimum atomic E-state index is -0.704. The molecule has 8 heteroatoms. The number of nitrogens with one attached hydrogen (secondary N) is 3. The number of ether oxygens (including phenoxy) is 2. The number of carbonyl (C=O) groups is 2. The normalized spacial score (nSPS) is 14.8. The third-order valence-corrected chi connectivity index (χ3v) is 4.35. The van der Waals surface area contributed by atoms with Crippen LogP contribution in [0.5, 0.6) is 0 Å². The number of amides is 1. The largest absolute Gasteiger partial charge is 0.462 e. The van der Waals surface area contributed by atoms with Gasteiger partial charge in [0, 0.05) is 19.2 Å². The number of hydrogen-bond acceptors (Lipinski definition) is 6. The monoisotopic (exact) mass is 387 g/mol. The summed E-state index contributed by atoms with van der Waals surface area (Å²) in [5.41, 5.74) is 0.792. The summed E-state index contributed by atoms with van der Waals surface area (Å²) in [5, 5.41) is 14.9. The first-order valence-electron chi connectivity index (χ1n) is 9.48. The molecule has 0 saturated carbocycles. The van der Waals surface area contributed by atoms with Gasteiger partial charge in [-0.25, -0.2) is 4.79 Å². The number of esters is 1. The Labute approximate surface area is 165 Å². The van der Waals surface area contributed by atoms with Crippen molar-refractivity contribution in [3.8, 4) is 6.07 Å². The minimum absolute atomic E-state index is 0.162. The van der Waals surface area contributed by atoms with Gasteiger partial charge in [-0.1, -0.05) is 12.1 Å². The lowest BCUT2D eigenvalue weighted by molar-refractivity contribution is -0.908. The molecule has 0 aliphatic carbocycles. The molecule has 28 heavy (non-hydrogen) atoms. The highest BCUT2D eigenvalue weighted by atomic mass is 16.5. The van der Waals surface area contributed by atoms with Crippen LogP contribution in [0.1, 0.15) is 23.7 Å². The van der Waals surface area contributed by atoms with Crippen LogP contribution >= 0.6 is 0 Å².